The topological polar surface area (TPSA) is 52.6 Å². The van der Waals surface area contributed by atoms with E-state index in [-0.39, 0.29) is 11.3 Å². The summed E-state index contributed by atoms with van der Waals surface area (Å²) in [6.07, 6.45) is 0. The standard InChI is InChI=1S/C10H9BrO4/c1-6(12)15-9-5-7(11)3-4-8(9)10(13)14-2/h3-5H,1-2H3. The first kappa shape index (κ1) is 11.7. The van der Waals surface area contributed by atoms with Crippen LogP contribution in [0.4, 0.5) is 0 Å². The van der Waals surface area contributed by atoms with Crippen molar-refractivity contribution in [1.82, 2.24) is 0 Å². The minimum absolute atomic E-state index is 0.184. The van der Waals surface area contributed by atoms with Crippen LogP contribution in [0.15, 0.2) is 22.7 Å². The largest absolute Gasteiger partial charge is 0.465 e. The van der Waals surface area contributed by atoms with Gasteiger partial charge in [-0.25, -0.2) is 4.79 Å². The molecule has 0 saturated carbocycles. The second kappa shape index (κ2) is 4.93. The molecule has 4 nitrogen and oxygen atoms in total. The zero-order chi connectivity index (χ0) is 11.4. The highest BCUT2D eigenvalue weighted by molar-refractivity contribution is 9.10. The van der Waals surface area contributed by atoms with Crippen molar-refractivity contribution in [2.75, 3.05) is 7.11 Å². The van der Waals surface area contributed by atoms with E-state index in [1.165, 1.54) is 26.2 Å². The summed E-state index contributed by atoms with van der Waals surface area (Å²) < 4.78 is 10.1. The number of hydrogen-bond acceptors (Lipinski definition) is 4. The average Bonchev–Trinajstić information content (AvgIpc) is 2.16. The van der Waals surface area contributed by atoms with Gasteiger partial charge in [-0.15, -0.1) is 0 Å². The zero-order valence-corrected chi connectivity index (χ0v) is 9.83. The highest BCUT2D eigenvalue weighted by Crippen LogP contribution is 2.24. The summed E-state index contributed by atoms with van der Waals surface area (Å²) in [6.45, 7) is 1.27. The number of rotatable bonds is 2. The van der Waals surface area contributed by atoms with Crippen LogP contribution in [-0.4, -0.2) is 19.0 Å². The molecule has 0 saturated heterocycles. The lowest BCUT2D eigenvalue weighted by molar-refractivity contribution is -0.131. The van der Waals surface area contributed by atoms with Gasteiger partial charge in [0.15, 0.2) is 0 Å². The number of carbonyl (C=O) groups is 2. The molecule has 80 valence electrons. The quantitative estimate of drug-likeness (QED) is 0.612. The van der Waals surface area contributed by atoms with E-state index in [2.05, 4.69) is 20.7 Å². The molecule has 0 spiro atoms. The lowest BCUT2D eigenvalue weighted by Crippen LogP contribution is -2.08. The normalized spacial score (nSPS) is 9.53. The van der Waals surface area contributed by atoms with Crippen LogP contribution in [-0.2, 0) is 9.53 Å². The third-order valence-corrected chi connectivity index (χ3v) is 2.10. The van der Waals surface area contributed by atoms with Crippen LogP contribution in [0.1, 0.15) is 17.3 Å². The van der Waals surface area contributed by atoms with E-state index < -0.39 is 11.9 Å². The van der Waals surface area contributed by atoms with Gasteiger partial charge in [-0.1, -0.05) is 15.9 Å². The van der Waals surface area contributed by atoms with Gasteiger partial charge in [-0.3, -0.25) is 4.79 Å². The highest BCUT2D eigenvalue weighted by Gasteiger charge is 2.14. The minimum atomic E-state index is -0.543. The van der Waals surface area contributed by atoms with Gasteiger partial charge in [-0.2, -0.15) is 0 Å². The molecular weight excluding hydrogens is 264 g/mol. The van der Waals surface area contributed by atoms with Gasteiger partial charge in [0.1, 0.15) is 11.3 Å². The maximum Gasteiger partial charge on any atom is 0.341 e. The molecule has 0 bridgehead atoms. The summed E-state index contributed by atoms with van der Waals surface area (Å²) >= 11 is 3.21. The molecular formula is C10H9BrO4. The number of ether oxygens (including phenoxy) is 2. The third-order valence-electron chi connectivity index (χ3n) is 1.60. The molecule has 1 aromatic rings. The van der Waals surface area contributed by atoms with Crippen molar-refractivity contribution in [3.8, 4) is 5.75 Å². The van der Waals surface area contributed by atoms with Gasteiger partial charge in [-0.05, 0) is 18.2 Å². The first-order valence-electron chi connectivity index (χ1n) is 4.11. The van der Waals surface area contributed by atoms with Crippen molar-refractivity contribution in [1.29, 1.82) is 0 Å². The van der Waals surface area contributed by atoms with Crippen molar-refractivity contribution in [3.05, 3.63) is 28.2 Å². The van der Waals surface area contributed by atoms with E-state index in [1.54, 1.807) is 6.07 Å². The summed E-state index contributed by atoms with van der Waals surface area (Å²) in [5.41, 5.74) is 0.218. The van der Waals surface area contributed by atoms with E-state index in [0.717, 1.165) is 0 Å². The van der Waals surface area contributed by atoms with Gasteiger partial charge in [0.2, 0.25) is 0 Å². The van der Waals surface area contributed by atoms with Crippen molar-refractivity contribution in [2.24, 2.45) is 0 Å². The Hall–Kier alpha value is -1.36. The van der Waals surface area contributed by atoms with Crippen molar-refractivity contribution >= 4 is 27.9 Å². The summed E-state index contributed by atoms with van der Waals surface area (Å²) in [7, 11) is 1.27. The lowest BCUT2D eigenvalue weighted by Gasteiger charge is -2.07. The zero-order valence-electron chi connectivity index (χ0n) is 8.24. The second-order valence-corrected chi connectivity index (χ2v) is 3.64. The summed E-state index contributed by atoms with van der Waals surface area (Å²) in [5, 5.41) is 0. The Labute approximate surface area is 95.3 Å². The molecule has 0 heterocycles. The Morgan fingerprint density at radius 3 is 2.53 bits per heavy atom. The molecule has 15 heavy (non-hydrogen) atoms. The Balaban J connectivity index is 3.13. The Kier molecular flexibility index (Phi) is 3.85. The van der Waals surface area contributed by atoms with Crippen LogP contribution in [0.3, 0.4) is 0 Å². The van der Waals surface area contributed by atoms with Gasteiger partial charge in [0, 0.05) is 11.4 Å². The van der Waals surface area contributed by atoms with E-state index in [4.69, 9.17) is 4.74 Å². The molecule has 0 N–H and O–H groups in total. The number of benzene rings is 1. The first-order valence-corrected chi connectivity index (χ1v) is 4.90. The van der Waals surface area contributed by atoms with Crippen LogP contribution in [0.5, 0.6) is 5.75 Å². The Morgan fingerprint density at radius 1 is 1.33 bits per heavy atom. The van der Waals surface area contributed by atoms with Crippen molar-refractivity contribution < 1.29 is 19.1 Å². The number of esters is 2. The SMILES string of the molecule is COC(=O)c1ccc(Br)cc1OC(C)=O. The third kappa shape index (κ3) is 3.06. The summed E-state index contributed by atoms with van der Waals surface area (Å²) in [4.78, 5) is 22.1. The van der Waals surface area contributed by atoms with Crippen molar-refractivity contribution in [2.45, 2.75) is 6.92 Å². The predicted octanol–water partition coefficient (Wildman–Crippen LogP) is 2.16. The molecule has 0 aliphatic heterocycles. The Bertz CT molecular complexity index is 400. The van der Waals surface area contributed by atoms with E-state index in [1.807, 2.05) is 0 Å². The van der Waals surface area contributed by atoms with Crippen LogP contribution in [0.25, 0.3) is 0 Å². The number of carbonyl (C=O) groups excluding carboxylic acids is 2. The fraction of sp³-hybridized carbons (Fsp3) is 0.200. The number of halogens is 1. The van der Waals surface area contributed by atoms with Crippen LogP contribution >= 0.6 is 15.9 Å². The lowest BCUT2D eigenvalue weighted by atomic mass is 10.2. The fourth-order valence-electron chi connectivity index (χ4n) is 1.01. The molecule has 0 aliphatic carbocycles. The molecule has 0 aromatic heterocycles. The van der Waals surface area contributed by atoms with E-state index in [9.17, 15) is 9.59 Å². The van der Waals surface area contributed by atoms with Gasteiger partial charge < -0.3 is 9.47 Å². The summed E-state index contributed by atoms with van der Waals surface area (Å²) in [6, 6.07) is 4.72. The van der Waals surface area contributed by atoms with E-state index >= 15 is 0 Å². The van der Waals surface area contributed by atoms with Gasteiger partial charge in [0.25, 0.3) is 0 Å². The molecule has 5 heteroatoms. The molecule has 0 unspecified atom stereocenters. The smallest absolute Gasteiger partial charge is 0.341 e. The van der Waals surface area contributed by atoms with Crippen LogP contribution < -0.4 is 4.74 Å². The van der Waals surface area contributed by atoms with Crippen molar-refractivity contribution in [3.63, 3.8) is 0 Å². The highest BCUT2D eigenvalue weighted by atomic mass is 79.9. The van der Waals surface area contributed by atoms with Gasteiger partial charge >= 0.3 is 11.9 Å². The number of methoxy groups -OCH3 is 1. The molecule has 1 aromatic carbocycles. The average molecular weight is 273 g/mol. The van der Waals surface area contributed by atoms with Gasteiger partial charge in [0.05, 0.1) is 7.11 Å². The maximum atomic E-state index is 11.3. The first-order chi connectivity index (χ1) is 7.04. The number of hydrogen-bond donors (Lipinski definition) is 0. The molecule has 0 fully saturated rings. The molecule has 1 rings (SSSR count). The summed E-state index contributed by atoms with van der Waals surface area (Å²) in [5.74, 6) is -0.847. The molecule has 0 radical (unpaired) electrons. The van der Waals surface area contributed by atoms with E-state index in [0.29, 0.717) is 4.47 Å². The Morgan fingerprint density at radius 2 is 2.00 bits per heavy atom. The second-order valence-electron chi connectivity index (χ2n) is 2.73. The molecule has 0 amide bonds. The maximum absolute atomic E-state index is 11.3. The predicted molar refractivity (Wildman–Crippen MR) is 56.8 cm³/mol. The van der Waals surface area contributed by atoms with Crippen LogP contribution in [0.2, 0.25) is 0 Å². The molecule has 0 aliphatic rings. The minimum Gasteiger partial charge on any atom is -0.465 e. The fourth-order valence-corrected chi connectivity index (χ4v) is 1.35. The van der Waals surface area contributed by atoms with Crippen LogP contribution in [0, 0.1) is 0 Å². The molecule has 0 atom stereocenters. The monoisotopic (exact) mass is 272 g/mol.